The Morgan fingerprint density at radius 1 is 1.38 bits per heavy atom. The van der Waals surface area contributed by atoms with E-state index < -0.39 is 11.9 Å². The van der Waals surface area contributed by atoms with E-state index in [0.717, 1.165) is 18.9 Å². The summed E-state index contributed by atoms with van der Waals surface area (Å²) >= 11 is 0. The number of ether oxygens (including phenoxy) is 1. The van der Waals surface area contributed by atoms with Crippen LogP contribution < -0.4 is 0 Å². The Balaban J connectivity index is 0.000000281. The second-order valence-corrected chi connectivity index (χ2v) is 3.23. The highest BCUT2D eigenvalue weighted by Crippen LogP contribution is 2.35. The lowest BCUT2D eigenvalue weighted by Crippen LogP contribution is -1.99. The van der Waals surface area contributed by atoms with E-state index in [0.29, 0.717) is 11.5 Å². The SMILES string of the molecule is C=C(C(=O)O)C1CC1.C=CCOC(=O)C=C. The summed E-state index contributed by atoms with van der Waals surface area (Å²) in [6.45, 7) is 10.2. The van der Waals surface area contributed by atoms with Crippen LogP contribution in [0.5, 0.6) is 0 Å². The van der Waals surface area contributed by atoms with Crippen molar-refractivity contribution in [3.05, 3.63) is 37.5 Å². The maximum Gasteiger partial charge on any atom is 0.331 e. The Kier molecular flexibility index (Phi) is 6.59. The number of rotatable bonds is 5. The molecule has 0 bridgehead atoms. The third-order valence-electron chi connectivity index (χ3n) is 1.85. The van der Waals surface area contributed by atoms with E-state index in [4.69, 9.17) is 5.11 Å². The molecule has 1 fully saturated rings. The van der Waals surface area contributed by atoms with Crippen molar-refractivity contribution in [2.24, 2.45) is 5.92 Å². The predicted molar refractivity (Wildman–Crippen MR) is 60.9 cm³/mol. The van der Waals surface area contributed by atoms with E-state index in [-0.39, 0.29) is 6.61 Å². The van der Waals surface area contributed by atoms with Gasteiger partial charge in [-0.2, -0.15) is 0 Å². The van der Waals surface area contributed by atoms with Crippen molar-refractivity contribution < 1.29 is 19.4 Å². The molecule has 1 rings (SSSR count). The van der Waals surface area contributed by atoms with Crippen molar-refractivity contribution in [2.45, 2.75) is 12.8 Å². The molecule has 0 heterocycles. The minimum absolute atomic E-state index is 0.255. The van der Waals surface area contributed by atoms with Gasteiger partial charge in [-0.15, -0.1) is 0 Å². The summed E-state index contributed by atoms with van der Waals surface area (Å²) in [5.74, 6) is -0.954. The van der Waals surface area contributed by atoms with Gasteiger partial charge in [0.1, 0.15) is 6.61 Å². The number of carboxylic acid groups (broad SMARTS) is 1. The van der Waals surface area contributed by atoms with Crippen LogP contribution >= 0.6 is 0 Å². The van der Waals surface area contributed by atoms with Crippen LogP contribution in [0.4, 0.5) is 0 Å². The van der Waals surface area contributed by atoms with Crippen molar-refractivity contribution >= 4 is 11.9 Å². The number of esters is 1. The minimum atomic E-state index is -0.840. The first kappa shape index (κ1) is 14.2. The van der Waals surface area contributed by atoms with Crippen LogP contribution in [0, 0.1) is 5.92 Å². The second kappa shape index (κ2) is 7.45. The lowest BCUT2D eigenvalue weighted by molar-refractivity contribution is -0.136. The molecule has 1 aliphatic carbocycles. The summed E-state index contributed by atoms with van der Waals surface area (Å²) < 4.78 is 4.47. The van der Waals surface area contributed by atoms with Gasteiger partial charge in [-0.25, -0.2) is 9.59 Å². The van der Waals surface area contributed by atoms with E-state index in [1.54, 1.807) is 0 Å². The van der Waals surface area contributed by atoms with Gasteiger partial charge in [0.05, 0.1) is 0 Å². The molecule has 0 aromatic carbocycles. The number of carboxylic acids is 1. The first-order chi connectivity index (χ1) is 7.52. The molecule has 4 heteroatoms. The van der Waals surface area contributed by atoms with Gasteiger partial charge in [-0.05, 0) is 18.8 Å². The summed E-state index contributed by atoms with van der Waals surface area (Å²) in [4.78, 5) is 20.3. The molecule has 16 heavy (non-hydrogen) atoms. The van der Waals surface area contributed by atoms with Crippen molar-refractivity contribution in [1.29, 1.82) is 0 Å². The molecule has 1 N–H and O–H groups in total. The monoisotopic (exact) mass is 224 g/mol. The molecule has 0 spiro atoms. The molecule has 0 aliphatic heterocycles. The number of carbonyl (C=O) groups excluding carboxylic acids is 1. The fraction of sp³-hybridized carbons (Fsp3) is 0.333. The van der Waals surface area contributed by atoms with Gasteiger partial charge < -0.3 is 9.84 Å². The van der Waals surface area contributed by atoms with E-state index in [1.165, 1.54) is 6.08 Å². The van der Waals surface area contributed by atoms with Gasteiger partial charge in [0.15, 0.2) is 0 Å². The second-order valence-electron chi connectivity index (χ2n) is 3.23. The highest BCUT2D eigenvalue weighted by molar-refractivity contribution is 5.86. The van der Waals surface area contributed by atoms with Gasteiger partial charge in [0.2, 0.25) is 0 Å². The van der Waals surface area contributed by atoms with Crippen LogP contribution in [-0.4, -0.2) is 23.7 Å². The van der Waals surface area contributed by atoms with E-state index >= 15 is 0 Å². The lowest BCUT2D eigenvalue weighted by atomic mass is 10.2. The number of aliphatic carboxylic acids is 1. The maximum absolute atomic E-state index is 10.2. The Hall–Kier alpha value is -1.84. The molecule has 0 radical (unpaired) electrons. The van der Waals surface area contributed by atoms with Crippen LogP contribution in [0.3, 0.4) is 0 Å². The Labute approximate surface area is 94.9 Å². The maximum atomic E-state index is 10.2. The summed E-state index contributed by atoms with van der Waals surface area (Å²) in [6.07, 6.45) is 4.65. The van der Waals surface area contributed by atoms with Gasteiger partial charge in [0.25, 0.3) is 0 Å². The van der Waals surface area contributed by atoms with Crippen LogP contribution in [0.25, 0.3) is 0 Å². The zero-order chi connectivity index (χ0) is 12.6. The van der Waals surface area contributed by atoms with Gasteiger partial charge >= 0.3 is 11.9 Å². The summed E-state index contributed by atoms with van der Waals surface area (Å²) in [7, 11) is 0. The lowest BCUT2D eigenvalue weighted by Gasteiger charge is -1.92. The molecule has 0 unspecified atom stereocenters. The molecule has 4 nitrogen and oxygen atoms in total. The normalized spacial score (nSPS) is 12.8. The fourth-order valence-corrected chi connectivity index (χ4v) is 0.806. The molecular formula is C12H16O4. The zero-order valence-corrected chi connectivity index (χ0v) is 9.15. The van der Waals surface area contributed by atoms with E-state index in [1.807, 2.05) is 0 Å². The first-order valence-electron chi connectivity index (χ1n) is 4.85. The largest absolute Gasteiger partial charge is 0.478 e. The summed E-state index contributed by atoms with van der Waals surface area (Å²) in [5.41, 5.74) is 0.380. The minimum Gasteiger partial charge on any atom is -0.478 e. The van der Waals surface area contributed by atoms with E-state index in [2.05, 4.69) is 24.5 Å². The molecule has 0 aromatic heterocycles. The van der Waals surface area contributed by atoms with Crippen molar-refractivity contribution in [1.82, 2.24) is 0 Å². The van der Waals surface area contributed by atoms with Gasteiger partial charge in [-0.3, -0.25) is 0 Å². The molecule has 0 saturated heterocycles. The highest BCUT2D eigenvalue weighted by atomic mass is 16.5. The molecule has 0 atom stereocenters. The number of hydrogen-bond donors (Lipinski definition) is 1. The Bertz CT molecular complexity index is 300. The first-order valence-corrected chi connectivity index (χ1v) is 4.85. The number of hydrogen-bond acceptors (Lipinski definition) is 3. The van der Waals surface area contributed by atoms with Crippen molar-refractivity contribution in [3.8, 4) is 0 Å². The average Bonchev–Trinajstić information content (AvgIpc) is 3.09. The van der Waals surface area contributed by atoms with Crippen LogP contribution in [0.1, 0.15) is 12.8 Å². The topological polar surface area (TPSA) is 63.6 Å². The summed E-state index contributed by atoms with van der Waals surface area (Å²) in [5, 5.41) is 8.29. The summed E-state index contributed by atoms with van der Waals surface area (Å²) in [6, 6.07) is 0. The third-order valence-corrected chi connectivity index (χ3v) is 1.85. The Morgan fingerprint density at radius 3 is 2.19 bits per heavy atom. The Morgan fingerprint density at radius 2 is 1.94 bits per heavy atom. The van der Waals surface area contributed by atoms with Crippen LogP contribution in [0.2, 0.25) is 0 Å². The molecule has 1 aliphatic rings. The molecule has 88 valence electrons. The third kappa shape index (κ3) is 6.59. The average molecular weight is 224 g/mol. The molecule has 1 saturated carbocycles. The van der Waals surface area contributed by atoms with Crippen LogP contribution in [-0.2, 0) is 14.3 Å². The zero-order valence-electron chi connectivity index (χ0n) is 9.15. The predicted octanol–water partition coefficient (Wildman–Crippen LogP) is 1.94. The molecule has 0 aromatic rings. The highest BCUT2D eigenvalue weighted by Gasteiger charge is 2.28. The molecule has 0 amide bonds. The van der Waals surface area contributed by atoms with Gasteiger partial charge in [-0.1, -0.05) is 25.8 Å². The van der Waals surface area contributed by atoms with Gasteiger partial charge in [0, 0.05) is 11.6 Å². The fourth-order valence-electron chi connectivity index (χ4n) is 0.806. The van der Waals surface area contributed by atoms with Crippen molar-refractivity contribution in [2.75, 3.05) is 6.61 Å². The van der Waals surface area contributed by atoms with E-state index in [9.17, 15) is 9.59 Å². The quantitative estimate of drug-likeness (QED) is 0.440. The van der Waals surface area contributed by atoms with Crippen molar-refractivity contribution in [3.63, 3.8) is 0 Å². The number of carbonyl (C=O) groups is 2. The standard InChI is InChI=1S/2C6H8O2/c1-4(6(7)8)5-2-3-5;1-3-5-8-6(7)4-2/h5H,1-3H2,(H,7,8);3-4H,1-2,5H2. The smallest absolute Gasteiger partial charge is 0.331 e. The van der Waals surface area contributed by atoms with Crippen LogP contribution in [0.15, 0.2) is 37.5 Å². The molecular weight excluding hydrogens is 208 g/mol.